The van der Waals surface area contributed by atoms with Gasteiger partial charge in [0.1, 0.15) is 0 Å². The lowest BCUT2D eigenvalue weighted by molar-refractivity contribution is 0.163. The van der Waals surface area contributed by atoms with Gasteiger partial charge >= 0.3 is 0 Å². The summed E-state index contributed by atoms with van der Waals surface area (Å²) in [6.45, 7) is 0.767. The Kier molecular flexibility index (Phi) is 2.47. The smallest absolute Gasteiger partial charge is 0.0959 e. The largest absolute Gasteiger partial charge is 0.390 e. The topological polar surface area (TPSA) is 64.1 Å². The van der Waals surface area contributed by atoms with E-state index in [9.17, 15) is 5.11 Å². The van der Waals surface area contributed by atoms with Gasteiger partial charge in [-0.15, -0.1) is 0 Å². The number of nitrogens with zero attached hydrogens (tertiary/aromatic N) is 2. The molecule has 74 valence electrons. The molecule has 0 aliphatic rings. The Hall–Kier alpha value is -1.39. The summed E-state index contributed by atoms with van der Waals surface area (Å²) in [6, 6.07) is 7.82. The molecule has 14 heavy (non-hydrogen) atoms. The van der Waals surface area contributed by atoms with Crippen molar-refractivity contribution in [2.75, 3.05) is 6.54 Å². The van der Waals surface area contributed by atoms with E-state index in [0.717, 1.165) is 11.0 Å². The number of aliphatic hydroxyl groups excluding tert-OH is 1. The first-order valence-electron chi connectivity index (χ1n) is 4.59. The fraction of sp³-hybridized carbons (Fsp3) is 0.300. The lowest BCUT2D eigenvalue weighted by Gasteiger charge is -2.08. The predicted molar refractivity (Wildman–Crippen MR) is 54.8 cm³/mol. The van der Waals surface area contributed by atoms with Crippen LogP contribution in [0.25, 0.3) is 11.0 Å². The number of hydrogen-bond acceptors (Lipinski definition) is 3. The van der Waals surface area contributed by atoms with E-state index in [0.29, 0.717) is 6.54 Å². The van der Waals surface area contributed by atoms with E-state index < -0.39 is 6.10 Å². The molecule has 0 spiro atoms. The molecular formula is C10H13N3O. The highest BCUT2D eigenvalue weighted by atomic mass is 16.3. The van der Waals surface area contributed by atoms with Crippen LogP contribution in [0, 0.1) is 0 Å². The quantitative estimate of drug-likeness (QED) is 0.736. The number of benzene rings is 1. The van der Waals surface area contributed by atoms with Crippen LogP contribution in [0.1, 0.15) is 0 Å². The Morgan fingerprint density at radius 3 is 3.00 bits per heavy atom. The third kappa shape index (κ3) is 1.62. The Bertz CT molecular complexity index is 424. The van der Waals surface area contributed by atoms with E-state index in [1.54, 1.807) is 6.33 Å². The van der Waals surface area contributed by atoms with Crippen LogP contribution in [0.3, 0.4) is 0 Å². The van der Waals surface area contributed by atoms with Gasteiger partial charge in [0.2, 0.25) is 0 Å². The maximum absolute atomic E-state index is 9.42. The predicted octanol–water partition coefficient (Wildman–Crippen LogP) is 0.356. The van der Waals surface area contributed by atoms with Crippen molar-refractivity contribution in [3.63, 3.8) is 0 Å². The molecule has 0 unspecified atom stereocenters. The fourth-order valence-electron chi connectivity index (χ4n) is 1.46. The summed E-state index contributed by atoms with van der Waals surface area (Å²) in [5.74, 6) is 0. The Balaban J connectivity index is 2.33. The molecule has 4 nitrogen and oxygen atoms in total. The molecule has 4 heteroatoms. The van der Waals surface area contributed by atoms with Gasteiger partial charge in [-0.1, -0.05) is 12.1 Å². The maximum Gasteiger partial charge on any atom is 0.0959 e. The van der Waals surface area contributed by atoms with Crippen molar-refractivity contribution in [1.29, 1.82) is 0 Å². The fourth-order valence-corrected chi connectivity index (χ4v) is 1.46. The van der Waals surface area contributed by atoms with Gasteiger partial charge in [0.15, 0.2) is 0 Å². The molecule has 0 aliphatic carbocycles. The molecule has 0 aliphatic heterocycles. The molecule has 0 amide bonds. The van der Waals surface area contributed by atoms with Crippen molar-refractivity contribution in [2.24, 2.45) is 5.73 Å². The average Bonchev–Trinajstić information content (AvgIpc) is 2.62. The lowest BCUT2D eigenvalue weighted by Crippen LogP contribution is -2.24. The third-order valence-corrected chi connectivity index (χ3v) is 2.21. The van der Waals surface area contributed by atoms with Crippen LogP contribution in [-0.2, 0) is 6.54 Å². The zero-order valence-corrected chi connectivity index (χ0v) is 7.80. The van der Waals surface area contributed by atoms with Gasteiger partial charge in [-0.3, -0.25) is 0 Å². The molecule has 1 aromatic heterocycles. The van der Waals surface area contributed by atoms with Crippen LogP contribution < -0.4 is 5.73 Å². The number of aromatic nitrogens is 2. The number of hydrogen-bond donors (Lipinski definition) is 2. The summed E-state index contributed by atoms with van der Waals surface area (Å²) in [5, 5.41) is 9.42. The van der Waals surface area contributed by atoms with Gasteiger partial charge in [-0.2, -0.15) is 0 Å². The molecule has 1 aromatic carbocycles. The molecule has 0 saturated heterocycles. The van der Waals surface area contributed by atoms with Crippen LogP contribution in [0.5, 0.6) is 0 Å². The van der Waals surface area contributed by atoms with Crippen molar-refractivity contribution in [1.82, 2.24) is 9.55 Å². The molecule has 0 fully saturated rings. The highest BCUT2D eigenvalue weighted by Gasteiger charge is 2.05. The Labute approximate surface area is 82.0 Å². The zero-order valence-electron chi connectivity index (χ0n) is 7.80. The second-order valence-corrected chi connectivity index (χ2v) is 3.28. The monoisotopic (exact) mass is 191 g/mol. The summed E-state index contributed by atoms with van der Waals surface area (Å²) in [5.41, 5.74) is 7.32. The number of fused-ring (bicyclic) bond motifs is 1. The number of imidazole rings is 1. The summed E-state index contributed by atoms with van der Waals surface area (Å²) in [7, 11) is 0. The van der Waals surface area contributed by atoms with E-state index in [4.69, 9.17) is 5.73 Å². The van der Waals surface area contributed by atoms with Crippen LogP contribution in [0.2, 0.25) is 0 Å². The average molecular weight is 191 g/mol. The highest BCUT2D eigenvalue weighted by Crippen LogP contribution is 2.11. The van der Waals surface area contributed by atoms with Crippen LogP contribution >= 0.6 is 0 Å². The molecule has 3 N–H and O–H groups in total. The lowest BCUT2D eigenvalue weighted by atomic mass is 10.3. The number of para-hydroxylation sites is 2. The number of rotatable bonds is 3. The van der Waals surface area contributed by atoms with Crippen LogP contribution in [0.4, 0.5) is 0 Å². The Morgan fingerprint density at radius 2 is 2.21 bits per heavy atom. The standard InChI is InChI=1S/C10H13N3O/c11-5-8(14)6-13-7-12-9-3-1-2-4-10(9)13/h1-4,7-8,14H,5-6,11H2/t8-/m0/s1. The minimum absolute atomic E-state index is 0.270. The summed E-state index contributed by atoms with van der Waals surface area (Å²) in [4.78, 5) is 4.22. The van der Waals surface area contributed by atoms with Crippen molar-refractivity contribution in [3.05, 3.63) is 30.6 Å². The van der Waals surface area contributed by atoms with Crippen molar-refractivity contribution in [3.8, 4) is 0 Å². The van der Waals surface area contributed by atoms with Gasteiger partial charge in [0.25, 0.3) is 0 Å². The van der Waals surface area contributed by atoms with E-state index >= 15 is 0 Å². The number of aliphatic hydroxyl groups is 1. The van der Waals surface area contributed by atoms with E-state index in [-0.39, 0.29) is 6.54 Å². The van der Waals surface area contributed by atoms with Crippen molar-refractivity contribution >= 4 is 11.0 Å². The van der Waals surface area contributed by atoms with E-state index in [1.807, 2.05) is 28.8 Å². The first-order valence-corrected chi connectivity index (χ1v) is 4.59. The highest BCUT2D eigenvalue weighted by molar-refractivity contribution is 5.74. The minimum atomic E-state index is -0.507. The first kappa shape index (κ1) is 9.18. The molecular weight excluding hydrogens is 178 g/mol. The van der Waals surface area contributed by atoms with Gasteiger partial charge in [-0.05, 0) is 12.1 Å². The zero-order chi connectivity index (χ0) is 9.97. The van der Waals surface area contributed by atoms with Crippen LogP contribution in [0.15, 0.2) is 30.6 Å². The van der Waals surface area contributed by atoms with E-state index in [2.05, 4.69) is 4.98 Å². The Morgan fingerprint density at radius 1 is 1.43 bits per heavy atom. The molecule has 0 bridgehead atoms. The molecule has 0 radical (unpaired) electrons. The molecule has 2 aromatic rings. The van der Waals surface area contributed by atoms with Crippen molar-refractivity contribution < 1.29 is 5.11 Å². The van der Waals surface area contributed by atoms with Gasteiger partial charge in [0, 0.05) is 6.54 Å². The third-order valence-electron chi connectivity index (χ3n) is 2.21. The second-order valence-electron chi connectivity index (χ2n) is 3.28. The molecule has 0 saturated carbocycles. The summed E-state index contributed by atoms with van der Waals surface area (Å²) < 4.78 is 1.91. The van der Waals surface area contributed by atoms with Gasteiger partial charge in [-0.25, -0.2) is 4.98 Å². The van der Waals surface area contributed by atoms with E-state index in [1.165, 1.54) is 0 Å². The normalized spacial score (nSPS) is 13.3. The van der Waals surface area contributed by atoms with Crippen LogP contribution in [-0.4, -0.2) is 27.3 Å². The number of nitrogens with two attached hydrogens (primary N) is 1. The first-order chi connectivity index (χ1) is 6.81. The molecule has 1 atom stereocenters. The minimum Gasteiger partial charge on any atom is -0.390 e. The summed E-state index contributed by atoms with van der Waals surface area (Å²) >= 11 is 0. The summed E-state index contributed by atoms with van der Waals surface area (Å²) in [6.07, 6.45) is 1.22. The van der Waals surface area contributed by atoms with Crippen molar-refractivity contribution in [2.45, 2.75) is 12.6 Å². The van der Waals surface area contributed by atoms with Gasteiger partial charge in [0.05, 0.1) is 30.0 Å². The second kappa shape index (κ2) is 3.77. The maximum atomic E-state index is 9.42. The molecule has 1 heterocycles. The van der Waals surface area contributed by atoms with Gasteiger partial charge < -0.3 is 15.4 Å². The SMILES string of the molecule is NC[C@H](O)Cn1cnc2ccccc21. The molecule has 2 rings (SSSR count).